The lowest BCUT2D eigenvalue weighted by Gasteiger charge is -2.57. The van der Waals surface area contributed by atoms with Crippen molar-refractivity contribution in [2.75, 3.05) is 17.3 Å². The summed E-state index contributed by atoms with van der Waals surface area (Å²) in [5, 5.41) is 12.6. The van der Waals surface area contributed by atoms with Crippen LogP contribution in [-0.4, -0.2) is 24.0 Å². The van der Waals surface area contributed by atoms with Crippen LogP contribution in [0.2, 0.25) is 0 Å². The Morgan fingerprint density at radius 2 is 1.50 bits per heavy atom. The molecule has 4 saturated carbocycles. The lowest BCUT2D eigenvalue weighted by molar-refractivity contribution is -0.00518. The molecule has 5 heteroatoms. The van der Waals surface area contributed by atoms with Crippen LogP contribution < -0.4 is 10.2 Å². The van der Waals surface area contributed by atoms with Crippen molar-refractivity contribution in [3.63, 3.8) is 0 Å². The fraction of sp³-hybridized carbons (Fsp3) is 0.355. The molecule has 0 heterocycles. The number of carboxylic acids is 1. The summed E-state index contributed by atoms with van der Waals surface area (Å²) in [6.45, 7) is 0. The minimum atomic E-state index is -0.983. The molecule has 0 unspecified atom stereocenters. The molecule has 7 rings (SSSR count). The molecular weight excluding hydrogens is 448 g/mol. The number of carboxylic acid groups (broad SMARTS) is 1. The van der Waals surface area contributed by atoms with Gasteiger partial charge in [-0.15, -0.1) is 0 Å². The summed E-state index contributed by atoms with van der Waals surface area (Å²) in [6.07, 6.45) is 8.29. The number of amides is 1. The van der Waals surface area contributed by atoms with E-state index >= 15 is 0 Å². The SMILES string of the molecule is CN(c1cccc(C(=O)Nc2ccc(C34CC5CC(CC(C5)C3)C4)cc2)c1)c1ccccc1C(=O)O. The Kier molecular flexibility index (Phi) is 5.59. The Balaban J connectivity index is 1.18. The van der Waals surface area contributed by atoms with Crippen LogP contribution in [0.3, 0.4) is 0 Å². The number of rotatable bonds is 6. The summed E-state index contributed by atoms with van der Waals surface area (Å²) in [5.74, 6) is 1.55. The first-order valence-corrected chi connectivity index (χ1v) is 13.0. The minimum Gasteiger partial charge on any atom is -0.478 e. The van der Waals surface area contributed by atoms with E-state index in [2.05, 4.69) is 17.4 Å². The molecule has 5 nitrogen and oxygen atoms in total. The third-order valence-corrected chi connectivity index (χ3v) is 8.78. The number of aromatic carboxylic acids is 1. The van der Waals surface area contributed by atoms with E-state index in [0.29, 0.717) is 16.7 Å². The van der Waals surface area contributed by atoms with Gasteiger partial charge in [-0.25, -0.2) is 4.79 Å². The van der Waals surface area contributed by atoms with Crippen LogP contribution in [0.1, 0.15) is 64.8 Å². The van der Waals surface area contributed by atoms with Crippen molar-refractivity contribution in [3.8, 4) is 0 Å². The first-order valence-electron chi connectivity index (χ1n) is 13.0. The number of benzene rings is 3. The van der Waals surface area contributed by atoms with Gasteiger partial charge in [-0.3, -0.25) is 4.79 Å². The van der Waals surface area contributed by atoms with E-state index in [9.17, 15) is 14.7 Å². The van der Waals surface area contributed by atoms with Crippen LogP contribution in [-0.2, 0) is 5.41 Å². The molecule has 3 aromatic rings. The first-order chi connectivity index (χ1) is 17.4. The van der Waals surface area contributed by atoms with Crippen LogP contribution in [0.15, 0.2) is 72.8 Å². The maximum Gasteiger partial charge on any atom is 0.337 e. The van der Waals surface area contributed by atoms with Crippen LogP contribution in [0.4, 0.5) is 17.1 Å². The summed E-state index contributed by atoms with van der Waals surface area (Å²) in [7, 11) is 1.81. The molecule has 4 bridgehead atoms. The van der Waals surface area contributed by atoms with Crippen molar-refractivity contribution in [1.82, 2.24) is 0 Å². The summed E-state index contributed by atoms with van der Waals surface area (Å²) >= 11 is 0. The third-order valence-electron chi connectivity index (χ3n) is 8.78. The minimum absolute atomic E-state index is 0.181. The van der Waals surface area contributed by atoms with Gasteiger partial charge in [0.05, 0.1) is 11.3 Å². The molecule has 0 radical (unpaired) electrons. The number of nitrogens with zero attached hydrogens (tertiary/aromatic N) is 1. The first kappa shape index (κ1) is 22.8. The summed E-state index contributed by atoms with van der Waals surface area (Å²) in [6, 6.07) is 22.7. The quantitative estimate of drug-likeness (QED) is 0.404. The van der Waals surface area contributed by atoms with E-state index in [1.54, 1.807) is 35.2 Å². The molecular formula is C31H32N2O3. The van der Waals surface area contributed by atoms with Crippen molar-refractivity contribution in [2.24, 2.45) is 17.8 Å². The number of hydrogen-bond acceptors (Lipinski definition) is 3. The van der Waals surface area contributed by atoms with Gasteiger partial charge in [0.1, 0.15) is 0 Å². The predicted molar refractivity (Wildman–Crippen MR) is 142 cm³/mol. The van der Waals surface area contributed by atoms with Crippen LogP contribution in [0, 0.1) is 17.8 Å². The second-order valence-corrected chi connectivity index (χ2v) is 11.2. The highest BCUT2D eigenvalue weighted by Gasteiger charge is 2.51. The molecule has 0 saturated heterocycles. The van der Waals surface area contributed by atoms with Crippen molar-refractivity contribution in [2.45, 2.75) is 43.9 Å². The van der Waals surface area contributed by atoms with Gasteiger partial charge in [-0.2, -0.15) is 0 Å². The normalized spacial score (nSPS) is 26.0. The van der Waals surface area contributed by atoms with E-state index in [4.69, 9.17) is 0 Å². The Hall–Kier alpha value is -3.60. The third kappa shape index (κ3) is 4.06. The summed E-state index contributed by atoms with van der Waals surface area (Å²) < 4.78 is 0. The standard InChI is InChI=1S/C31H32N2O3/c1-33(28-8-3-2-7-27(28)30(35)36)26-6-4-5-23(16-26)29(34)32-25-11-9-24(10-12-25)31-17-20-13-21(18-31)15-22(14-20)19-31/h2-12,16,20-22H,13-15,17-19H2,1H3,(H,32,34)(H,35,36). The average molecular weight is 481 g/mol. The fourth-order valence-electron chi connectivity index (χ4n) is 7.52. The van der Waals surface area contributed by atoms with Crippen LogP contribution in [0.25, 0.3) is 0 Å². The van der Waals surface area contributed by atoms with E-state index in [-0.39, 0.29) is 11.5 Å². The Morgan fingerprint density at radius 3 is 2.14 bits per heavy atom. The van der Waals surface area contributed by atoms with E-state index in [0.717, 1.165) is 29.1 Å². The largest absolute Gasteiger partial charge is 0.478 e. The molecule has 4 fully saturated rings. The van der Waals surface area contributed by atoms with E-state index < -0.39 is 5.97 Å². The number of anilines is 3. The smallest absolute Gasteiger partial charge is 0.337 e. The van der Waals surface area contributed by atoms with Crippen LogP contribution >= 0.6 is 0 Å². The van der Waals surface area contributed by atoms with Crippen molar-refractivity contribution in [1.29, 1.82) is 0 Å². The van der Waals surface area contributed by atoms with Gasteiger partial charge in [0.2, 0.25) is 0 Å². The Morgan fingerprint density at radius 1 is 0.861 bits per heavy atom. The summed E-state index contributed by atoms with van der Waals surface area (Å²) in [4.78, 5) is 26.5. The molecule has 3 aromatic carbocycles. The Bertz CT molecular complexity index is 1280. The van der Waals surface area contributed by atoms with Crippen molar-refractivity contribution in [3.05, 3.63) is 89.5 Å². The maximum atomic E-state index is 13.1. The molecule has 0 aromatic heterocycles. The van der Waals surface area contributed by atoms with Gasteiger partial charge in [0, 0.05) is 24.0 Å². The second-order valence-electron chi connectivity index (χ2n) is 11.2. The zero-order valence-electron chi connectivity index (χ0n) is 20.6. The van der Waals surface area contributed by atoms with E-state index in [1.165, 1.54) is 44.1 Å². The monoisotopic (exact) mass is 480 g/mol. The zero-order chi connectivity index (χ0) is 24.9. The molecule has 4 aliphatic rings. The molecule has 0 spiro atoms. The maximum absolute atomic E-state index is 13.1. The number of carbonyl (C=O) groups is 2. The average Bonchev–Trinajstić information content (AvgIpc) is 2.88. The zero-order valence-corrected chi connectivity index (χ0v) is 20.6. The molecule has 0 atom stereocenters. The van der Waals surface area contributed by atoms with Crippen LogP contribution in [0.5, 0.6) is 0 Å². The number of nitrogens with one attached hydrogen (secondary N) is 1. The lowest BCUT2D eigenvalue weighted by atomic mass is 9.48. The number of hydrogen-bond donors (Lipinski definition) is 2. The van der Waals surface area contributed by atoms with Gasteiger partial charge >= 0.3 is 5.97 Å². The molecule has 1 amide bonds. The van der Waals surface area contributed by atoms with Crippen molar-refractivity contribution >= 4 is 28.9 Å². The molecule has 0 aliphatic heterocycles. The predicted octanol–water partition coefficient (Wildman–Crippen LogP) is 6.87. The van der Waals surface area contributed by atoms with Gasteiger partial charge in [0.15, 0.2) is 0 Å². The van der Waals surface area contributed by atoms with Gasteiger partial charge in [0.25, 0.3) is 5.91 Å². The molecule has 36 heavy (non-hydrogen) atoms. The van der Waals surface area contributed by atoms with Gasteiger partial charge in [-0.1, -0.05) is 30.3 Å². The number of carbonyl (C=O) groups excluding carboxylic acids is 1. The molecule has 2 N–H and O–H groups in total. The van der Waals surface area contributed by atoms with Gasteiger partial charge < -0.3 is 15.3 Å². The number of para-hydroxylation sites is 1. The fourth-order valence-corrected chi connectivity index (χ4v) is 7.52. The van der Waals surface area contributed by atoms with E-state index in [1.807, 2.05) is 37.4 Å². The topological polar surface area (TPSA) is 69.6 Å². The van der Waals surface area contributed by atoms with Gasteiger partial charge in [-0.05, 0) is 110 Å². The summed E-state index contributed by atoms with van der Waals surface area (Å²) in [5.41, 5.74) is 4.65. The highest BCUT2D eigenvalue weighted by molar-refractivity contribution is 6.05. The molecule has 4 aliphatic carbocycles. The molecule has 184 valence electrons. The second kappa shape index (κ2) is 8.81. The highest BCUT2D eigenvalue weighted by atomic mass is 16.4. The lowest BCUT2D eigenvalue weighted by Crippen LogP contribution is -2.48. The van der Waals surface area contributed by atoms with Crippen molar-refractivity contribution < 1.29 is 14.7 Å². The highest BCUT2D eigenvalue weighted by Crippen LogP contribution is 2.60. The Labute approximate surface area is 212 Å².